The minimum atomic E-state index is -0.963. The van der Waals surface area contributed by atoms with Crippen LogP contribution in [-0.4, -0.2) is 49.5 Å². The van der Waals surface area contributed by atoms with Crippen molar-refractivity contribution in [3.63, 3.8) is 0 Å². The average Bonchev–Trinajstić information content (AvgIpc) is 2.74. The van der Waals surface area contributed by atoms with Crippen molar-refractivity contribution in [2.45, 2.75) is 43.6 Å². The number of methoxy groups -OCH3 is 1. The van der Waals surface area contributed by atoms with Gasteiger partial charge in [-0.2, -0.15) is 0 Å². The van der Waals surface area contributed by atoms with Gasteiger partial charge >= 0.3 is 0 Å². The summed E-state index contributed by atoms with van der Waals surface area (Å²) in [5.41, 5.74) is 1.94. The standard InChI is InChI=1S/C21H24O6/c1-23-21-17(22)19(24-12-14-8-4-2-5-9-14)18-16(26-21)13-25-20(27-18)15-10-6-3-7-11-15/h2-11,16-22H,12-13H2,1H3/t16-,17-,18-,19-,20?,21-/m1/s1. The molecule has 0 radical (unpaired) electrons. The lowest BCUT2D eigenvalue weighted by molar-refractivity contribution is -0.363. The third-order valence-corrected chi connectivity index (χ3v) is 4.90. The molecule has 0 spiro atoms. The summed E-state index contributed by atoms with van der Waals surface area (Å²) in [5, 5.41) is 10.7. The average molecular weight is 372 g/mol. The van der Waals surface area contributed by atoms with Crippen molar-refractivity contribution in [3.05, 3.63) is 71.8 Å². The van der Waals surface area contributed by atoms with E-state index >= 15 is 0 Å². The topological polar surface area (TPSA) is 66.4 Å². The molecule has 0 aliphatic carbocycles. The Morgan fingerprint density at radius 1 is 1.00 bits per heavy atom. The van der Waals surface area contributed by atoms with Crippen LogP contribution in [0.3, 0.4) is 0 Å². The molecule has 0 aromatic heterocycles. The van der Waals surface area contributed by atoms with Gasteiger partial charge in [-0.3, -0.25) is 0 Å². The van der Waals surface area contributed by atoms with Crippen LogP contribution in [0.5, 0.6) is 0 Å². The Bertz CT molecular complexity index is 709. The lowest BCUT2D eigenvalue weighted by Gasteiger charge is -2.47. The van der Waals surface area contributed by atoms with Gasteiger partial charge in [-0.15, -0.1) is 0 Å². The minimum absolute atomic E-state index is 0.335. The first kappa shape index (κ1) is 18.6. The van der Waals surface area contributed by atoms with E-state index in [9.17, 15) is 5.11 Å². The SMILES string of the molecule is CO[C@@H]1O[C@@H]2COC(c3ccccc3)O[C@H]2[C@H](OCc2ccccc2)[C@H]1O. The van der Waals surface area contributed by atoms with Gasteiger partial charge in [0.15, 0.2) is 12.6 Å². The number of hydrogen-bond donors (Lipinski definition) is 1. The lowest BCUT2D eigenvalue weighted by atomic mass is 9.97. The summed E-state index contributed by atoms with van der Waals surface area (Å²) >= 11 is 0. The van der Waals surface area contributed by atoms with Crippen LogP contribution in [0.4, 0.5) is 0 Å². The van der Waals surface area contributed by atoms with E-state index in [-0.39, 0.29) is 6.10 Å². The molecular formula is C21H24O6. The second-order valence-electron chi connectivity index (χ2n) is 6.71. The Hall–Kier alpha value is -1.80. The molecule has 2 aromatic rings. The molecule has 0 bridgehead atoms. The molecule has 0 amide bonds. The number of fused-ring (bicyclic) bond motifs is 1. The Morgan fingerprint density at radius 3 is 2.41 bits per heavy atom. The van der Waals surface area contributed by atoms with E-state index in [1.807, 2.05) is 60.7 Å². The third kappa shape index (κ3) is 4.06. The van der Waals surface area contributed by atoms with Crippen molar-refractivity contribution >= 4 is 0 Å². The van der Waals surface area contributed by atoms with Crippen LogP contribution in [0.25, 0.3) is 0 Å². The highest BCUT2D eigenvalue weighted by atomic mass is 16.8. The largest absolute Gasteiger partial charge is 0.385 e. The van der Waals surface area contributed by atoms with Crippen LogP contribution in [0.2, 0.25) is 0 Å². The number of ether oxygens (including phenoxy) is 5. The summed E-state index contributed by atoms with van der Waals surface area (Å²) in [6.45, 7) is 0.699. The zero-order chi connectivity index (χ0) is 18.6. The smallest absolute Gasteiger partial charge is 0.186 e. The maximum absolute atomic E-state index is 10.7. The van der Waals surface area contributed by atoms with E-state index in [0.29, 0.717) is 13.2 Å². The number of aliphatic hydroxyl groups is 1. The fraction of sp³-hybridized carbons (Fsp3) is 0.429. The van der Waals surface area contributed by atoms with Gasteiger partial charge in [-0.1, -0.05) is 60.7 Å². The van der Waals surface area contributed by atoms with Crippen LogP contribution in [0.15, 0.2) is 60.7 Å². The highest BCUT2D eigenvalue weighted by molar-refractivity contribution is 5.17. The lowest BCUT2D eigenvalue weighted by Crippen LogP contribution is -2.62. The van der Waals surface area contributed by atoms with E-state index < -0.39 is 30.9 Å². The normalized spacial score (nSPS) is 33.4. The molecule has 0 saturated carbocycles. The Morgan fingerprint density at radius 2 is 1.70 bits per heavy atom. The predicted molar refractivity (Wildman–Crippen MR) is 96.7 cm³/mol. The number of aliphatic hydroxyl groups excluding tert-OH is 1. The fourth-order valence-corrected chi connectivity index (χ4v) is 3.49. The zero-order valence-electron chi connectivity index (χ0n) is 15.1. The van der Waals surface area contributed by atoms with Crippen LogP contribution in [-0.2, 0) is 30.3 Å². The monoisotopic (exact) mass is 372 g/mol. The maximum atomic E-state index is 10.7. The zero-order valence-corrected chi connectivity index (χ0v) is 15.1. The highest BCUT2D eigenvalue weighted by Gasteiger charge is 2.50. The van der Waals surface area contributed by atoms with Crippen molar-refractivity contribution in [1.82, 2.24) is 0 Å². The molecular weight excluding hydrogens is 348 g/mol. The summed E-state index contributed by atoms with van der Waals surface area (Å²) in [7, 11) is 1.50. The van der Waals surface area contributed by atoms with Crippen molar-refractivity contribution in [2.75, 3.05) is 13.7 Å². The Kier molecular flexibility index (Phi) is 5.83. The van der Waals surface area contributed by atoms with Gasteiger partial charge in [0.2, 0.25) is 0 Å². The van der Waals surface area contributed by atoms with Crippen molar-refractivity contribution in [3.8, 4) is 0 Å². The fourth-order valence-electron chi connectivity index (χ4n) is 3.49. The van der Waals surface area contributed by atoms with Crippen molar-refractivity contribution in [2.24, 2.45) is 0 Å². The molecule has 2 saturated heterocycles. The number of rotatable bonds is 5. The van der Waals surface area contributed by atoms with Gasteiger partial charge in [0.05, 0.1) is 13.2 Å². The summed E-state index contributed by atoms with van der Waals surface area (Å²) < 4.78 is 29.2. The van der Waals surface area contributed by atoms with Gasteiger partial charge in [0.25, 0.3) is 0 Å². The number of benzene rings is 2. The predicted octanol–water partition coefficient (Wildman–Crippen LogP) is 2.42. The molecule has 1 N–H and O–H groups in total. The molecule has 6 atom stereocenters. The van der Waals surface area contributed by atoms with Gasteiger partial charge < -0.3 is 28.8 Å². The first-order valence-corrected chi connectivity index (χ1v) is 9.10. The summed E-state index contributed by atoms with van der Waals surface area (Å²) in [6.07, 6.45) is -3.70. The van der Waals surface area contributed by atoms with Crippen LogP contribution in [0, 0.1) is 0 Å². The van der Waals surface area contributed by atoms with Crippen molar-refractivity contribution < 1.29 is 28.8 Å². The van der Waals surface area contributed by atoms with Gasteiger partial charge in [0.1, 0.15) is 24.4 Å². The molecule has 2 aromatic carbocycles. The summed E-state index contributed by atoms with van der Waals surface area (Å²) in [6, 6.07) is 19.5. The number of hydrogen-bond acceptors (Lipinski definition) is 6. The molecule has 27 heavy (non-hydrogen) atoms. The van der Waals surface area contributed by atoms with Crippen LogP contribution < -0.4 is 0 Å². The maximum Gasteiger partial charge on any atom is 0.186 e. The van der Waals surface area contributed by atoms with Gasteiger partial charge in [-0.25, -0.2) is 0 Å². The molecule has 6 nitrogen and oxygen atoms in total. The molecule has 2 fully saturated rings. The first-order chi connectivity index (χ1) is 13.3. The Balaban J connectivity index is 1.51. The summed E-state index contributed by atoms with van der Waals surface area (Å²) in [5.74, 6) is 0. The van der Waals surface area contributed by atoms with Gasteiger partial charge in [-0.05, 0) is 5.56 Å². The van der Waals surface area contributed by atoms with E-state index in [2.05, 4.69) is 0 Å². The molecule has 1 unspecified atom stereocenters. The summed E-state index contributed by atoms with van der Waals surface area (Å²) in [4.78, 5) is 0. The second-order valence-corrected chi connectivity index (χ2v) is 6.71. The van der Waals surface area contributed by atoms with Crippen molar-refractivity contribution in [1.29, 1.82) is 0 Å². The third-order valence-electron chi connectivity index (χ3n) is 4.90. The molecule has 144 valence electrons. The van der Waals surface area contributed by atoms with Crippen LogP contribution >= 0.6 is 0 Å². The minimum Gasteiger partial charge on any atom is -0.385 e. The molecule has 4 rings (SSSR count). The second kappa shape index (κ2) is 8.48. The molecule has 2 heterocycles. The molecule has 2 aliphatic rings. The van der Waals surface area contributed by atoms with E-state index in [0.717, 1.165) is 11.1 Å². The van der Waals surface area contributed by atoms with E-state index in [4.69, 9.17) is 23.7 Å². The van der Waals surface area contributed by atoms with Crippen LogP contribution in [0.1, 0.15) is 17.4 Å². The first-order valence-electron chi connectivity index (χ1n) is 9.10. The highest BCUT2D eigenvalue weighted by Crippen LogP contribution is 2.35. The van der Waals surface area contributed by atoms with Gasteiger partial charge in [0, 0.05) is 12.7 Å². The van der Waals surface area contributed by atoms with E-state index in [1.165, 1.54) is 7.11 Å². The molecule has 2 aliphatic heterocycles. The quantitative estimate of drug-likeness (QED) is 0.870. The Labute approximate surface area is 158 Å². The van der Waals surface area contributed by atoms with E-state index in [1.54, 1.807) is 0 Å². The molecule has 6 heteroatoms.